The second-order valence-electron chi connectivity index (χ2n) is 9.05. The summed E-state index contributed by atoms with van der Waals surface area (Å²) in [6.07, 6.45) is 0.575. The van der Waals surface area contributed by atoms with E-state index in [1.54, 1.807) is 18.1 Å². The lowest BCUT2D eigenvalue weighted by molar-refractivity contribution is -0.140. The number of ether oxygens (including phenoxy) is 1. The summed E-state index contributed by atoms with van der Waals surface area (Å²) in [5, 5.41) is 3.61. The molecule has 0 saturated heterocycles. The van der Waals surface area contributed by atoms with Crippen molar-refractivity contribution in [2.24, 2.45) is 0 Å². The van der Waals surface area contributed by atoms with Crippen molar-refractivity contribution in [1.29, 1.82) is 0 Å². The Morgan fingerprint density at radius 3 is 2.03 bits per heavy atom. The molecule has 1 unspecified atom stereocenters. The highest BCUT2D eigenvalue weighted by Gasteiger charge is 2.30. The summed E-state index contributed by atoms with van der Waals surface area (Å²) < 4.78 is 5.29. The SMILES string of the molecule is COc1ccc(CN(C(=O)Cc2ccccc2)C(Cc2ccccc2)C(=O)NCc2ccccc2Cl)cc1. The Balaban J connectivity index is 1.65. The van der Waals surface area contributed by atoms with Crippen molar-refractivity contribution in [2.75, 3.05) is 7.11 Å². The largest absolute Gasteiger partial charge is 0.497 e. The molecule has 0 bridgehead atoms. The molecule has 194 valence electrons. The molecular weight excluding hydrogens is 496 g/mol. The first-order chi connectivity index (χ1) is 18.5. The molecule has 0 aromatic heterocycles. The predicted octanol–water partition coefficient (Wildman–Crippen LogP) is 5.85. The van der Waals surface area contributed by atoms with Gasteiger partial charge in [-0.25, -0.2) is 0 Å². The van der Waals surface area contributed by atoms with E-state index in [1.165, 1.54) is 0 Å². The van der Waals surface area contributed by atoms with Gasteiger partial charge < -0.3 is 15.0 Å². The quantitative estimate of drug-likeness (QED) is 0.267. The number of hydrogen-bond donors (Lipinski definition) is 1. The first-order valence-electron chi connectivity index (χ1n) is 12.5. The summed E-state index contributed by atoms with van der Waals surface area (Å²) in [5.41, 5.74) is 3.59. The number of benzene rings is 4. The van der Waals surface area contributed by atoms with Gasteiger partial charge in [-0.2, -0.15) is 0 Å². The van der Waals surface area contributed by atoms with Crippen molar-refractivity contribution in [1.82, 2.24) is 10.2 Å². The van der Waals surface area contributed by atoms with Gasteiger partial charge >= 0.3 is 0 Å². The van der Waals surface area contributed by atoms with E-state index in [1.807, 2.05) is 103 Å². The Kier molecular flexibility index (Phi) is 9.54. The van der Waals surface area contributed by atoms with Gasteiger partial charge in [0.1, 0.15) is 11.8 Å². The van der Waals surface area contributed by atoms with Crippen molar-refractivity contribution in [3.8, 4) is 5.75 Å². The average molecular weight is 527 g/mol. The Hall–Kier alpha value is -4.09. The molecule has 4 aromatic carbocycles. The third-order valence-corrected chi connectivity index (χ3v) is 6.76. The lowest BCUT2D eigenvalue weighted by atomic mass is 10.0. The molecule has 0 fully saturated rings. The van der Waals surface area contributed by atoms with E-state index in [4.69, 9.17) is 16.3 Å². The third-order valence-electron chi connectivity index (χ3n) is 6.39. The minimum absolute atomic E-state index is 0.124. The standard InChI is InChI=1S/C32H31ClN2O3/c1-38-28-18-16-26(17-19-28)23-35(31(36)21-25-12-6-3-7-13-25)30(20-24-10-4-2-5-11-24)32(37)34-22-27-14-8-9-15-29(27)33/h2-19,30H,20-23H2,1H3,(H,34,37). The van der Waals surface area contributed by atoms with E-state index in [-0.39, 0.29) is 31.3 Å². The number of methoxy groups -OCH3 is 1. The number of nitrogens with zero attached hydrogens (tertiary/aromatic N) is 1. The van der Waals surface area contributed by atoms with Crippen molar-refractivity contribution in [2.45, 2.75) is 32.0 Å². The highest BCUT2D eigenvalue weighted by atomic mass is 35.5. The smallest absolute Gasteiger partial charge is 0.243 e. The van der Waals surface area contributed by atoms with Gasteiger partial charge in [0.15, 0.2) is 0 Å². The Morgan fingerprint density at radius 1 is 0.789 bits per heavy atom. The molecule has 0 saturated carbocycles. The van der Waals surface area contributed by atoms with E-state index >= 15 is 0 Å². The van der Waals surface area contributed by atoms with Crippen LogP contribution in [0.2, 0.25) is 5.02 Å². The minimum Gasteiger partial charge on any atom is -0.497 e. The van der Waals surface area contributed by atoms with Crippen molar-refractivity contribution in [3.05, 3.63) is 136 Å². The van der Waals surface area contributed by atoms with Crippen LogP contribution in [0, 0.1) is 0 Å². The maximum Gasteiger partial charge on any atom is 0.243 e. The summed E-state index contributed by atoms with van der Waals surface area (Å²) in [7, 11) is 1.61. The fraction of sp³-hybridized carbons (Fsp3) is 0.188. The number of carbonyl (C=O) groups excluding carboxylic acids is 2. The van der Waals surface area contributed by atoms with Gasteiger partial charge in [-0.05, 0) is 40.5 Å². The summed E-state index contributed by atoms with van der Waals surface area (Å²) in [5.74, 6) is 0.374. The highest BCUT2D eigenvalue weighted by molar-refractivity contribution is 6.31. The van der Waals surface area contributed by atoms with Crippen LogP contribution < -0.4 is 10.1 Å². The van der Waals surface area contributed by atoms with Gasteiger partial charge in [-0.3, -0.25) is 9.59 Å². The fourth-order valence-electron chi connectivity index (χ4n) is 4.30. The molecular formula is C32H31ClN2O3. The van der Waals surface area contributed by atoms with Crippen LogP contribution in [0.15, 0.2) is 109 Å². The second-order valence-corrected chi connectivity index (χ2v) is 9.45. The van der Waals surface area contributed by atoms with Crippen LogP contribution >= 0.6 is 11.6 Å². The maximum atomic E-state index is 13.8. The van der Waals surface area contributed by atoms with Gasteiger partial charge in [-0.1, -0.05) is 103 Å². The molecule has 0 radical (unpaired) electrons. The molecule has 2 amide bonds. The lowest BCUT2D eigenvalue weighted by Gasteiger charge is -2.32. The zero-order valence-corrected chi connectivity index (χ0v) is 22.1. The summed E-state index contributed by atoms with van der Waals surface area (Å²) >= 11 is 6.33. The summed E-state index contributed by atoms with van der Waals surface area (Å²) in [4.78, 5) is 29.2. The van der Waals surface area contributed by atoms with Crippen LogP contribution in [-0.4, -0.2) is 29.9 Å². The number of carbonyl (C=O) groups is 2. The number of rotatable bonds is 11. The minimum atomic E-state index is -0.724. The van der Waals surface area contributed by atoms with E-state index in [0.717, 1.165) is 28.0 Å². The van der Waals surface area contributed by atoms with Crippen molar-refractivity contribution in [3.63, 3.8) is 0 Å². The molecule has 0 spiro atoms. The normalized spacial score (nSPS) is 11.4. The van der Waals surface area contributed by atoms with E-state index in [9.17, 15) is 9.59 Å². The monoisotopic (exact) mass is 526 g/mol. The zero-order chi connectivity index (χ0) is 26.7. The molecule has 6 heteroatoms. The molecule has 0 heterocycles. The molecule has 1 N–H and O–H groups in total. The number of halogens is 1. The van der Waals surface area contributed by atoms with Gasteiger partial charge in [0.25, 0.3) is 0 Å². The fourth-order valence-corrected chi connectivity index (χ4v) is 4.50. The second kappa shape index (κ2) is 13.5. The van der Waals surface area contributed by atoms with Gasteiger partial charge in [-0.15, -0.1) is 0 Å². The molecule has 4 aromatic rings. The van der Waals surface area contributed by atoms with Crippen LogP contribution in [-0.2, 0) is 35.5 Å². The van der Waals surface area contributed by atoms with Gasteiger partial charge in [0, 0.05) is 24.5 Å². The molecule has 0 aliphatic carbocycles. The Labute approximate surface area is 229 Å². The Bertz CT molecular complexity index is 1330. The van der Waals surface area contributed by atoms with E-state index in [2.05, 4.69) is 5.32 Å². The number of amides is 2. The van der Waals surface area contributed by atoms with Gasteiger partial charge in [0.05, 0.1) is 13.5 Å². The van der Waals surface area contributed by atoms with Crippen molar-refractivity contribution >= 4 is 23.4 Å². The zero-order valence-electron chi connectivity index (χ0n) is 21.3. The highest BCUT2D eigenvalue weighted by Crippen LogP contribution is 2.20. The van der Waals surface area contributed by atoms with Crippen LogP contribution in [0.3, 0.4) is 0 Å². The summed E-state index contributed by atoms with van der Waals surface area (Å²) in [6.45, 7) is 0.555. The van der Waals surface area contributed by atoms with Crippen molar-refractivity contribution < 1.29 is 14.3 Å². The third kappa shape index (κ3) is 7.46. The molecule has 38 heavy (non-hydrogen) atoms. The first kappa shape index (κ1) is 27.0. The summed E-state index contributed by atoms with van der Waals surface area (Å²) in [6, 6.07) is 33.6. The molecule has 0 aliphatic rings. The van der Waals surface area contributed by atoms with Crippen LogP contribution in [0.4, 0.5) is 0 Å². The van der Waals surface area contributed by atoms with E-state index < -0.39 is 6.04 Å². The topological polar surface area (TPSA) is 58.6 Å². The molecule has 1 atom stereocenters. The average Bonchev–Trinajstić information content (AvgIpc) is 2.95. The van der Waals surface area contributed by atoms with Crippen LogP contribution in [0.1, 0.15) is 22.3 Å². The molecule has 0 aliphatic heterocycles. The van der Waals surface area contributed by atoms with Crippen LogP contribution in [0.5, 0.6) is 5.75 Å². The predicted molar refractivity (Wildman–Crippen MR) is 151 cm³/mol. The number of nitrogens with one attached hydrogen (secondary N) is 1. The lowest BCUT2D eigenvalue weighted by Crippen LogP contribution is -2.50. The molecule has 4 rings (SSSR count). The maximum absolute atomic E-state index is 13.8. The van der Waals surface area contributed by atoms with E-state index in [0.29, 0.717) is 11.4 Å². The molecule has 5 nitrogen and oxygen atoms in total. The number of hydrogen-bond acceptors (Lipinski definition) is 3. The first-order valence-corrected chi connectivity index (χ1v) is 12.9. The van der Waals surface area contributed by atoms with Crippen LogP contribution in [0.25, 0.3) is 0 Å². The Morgan fingerprint density at radius 2 is 1.39 bits per heavy atom. The van der Waals surface area contributed by atoms with Gasteiger partial charge in [0.2, 0.25) is 11.8 Å².